The summed E-state index contributed by atoms with van der Waals surface area (Å²) in [6.07, 6.45) is 2.89. The van der Waals surface area contributed by atoms with Crippen molar-refractivity contribution in [1.29, 1.82) is 0 Å². The normalized spacial score (nSPS) is 18.4. The lowest BCUT2D eigenvalue weighted by Gasteiger charge is -2.32. The molecule has 2 aromatic rings. The molecule has 1 unspecified atom stereocenters. The van der Waals surface area contributed by atoms with Crippen LogP contribution in [0.15, 0.2) is 47.6 Å². The predicted molar refractivity (Wildman–Crippen MR) is 108 cm³/mol. The molecule has 30 heavy (non-hydrogen) atoms. The van der Waals surface area contributed by atoms with Gasteiger partial charge in [-0.1, -0.05) is 29.8 Å². The maximum atomic E-state index is 14.2. The van der Waals surface area contributed by atoms with E-state index in [1.54, 1.807) is 12.0 Å². The smallest absolute Gasteiger partial charge is 0.226 e. The Bertz CT molecular complexity index is 959. The summed E-state index contributed by atoms with van der Waals surface area (Å²) in [6, 6.07) is 11.0. The molecule has 1 heterocycles. The van der Waals surface area contributed by atoms with Gasteiger partial charge in [0.2, 0.25) is 5.91 Å². The maximum Gasteiger partial charge on any atom is 0.226 e. The van der Waals surface area contributed by atoms with E-state index in [0.717, 1.165) is 36.6 Å². The van der Waals surface area contributed by atoms with Crippen molar-refractivity contribution in [2.45, 2.75) is 38.3 Å². The fourth-order valence-corrected chi connectivity index (χ4v) is 3.82. The van der Waals surface area contributed by atoms with E-state index in [9.17, 15) is 13.6 Å². The Labute approximate surface area is 174 Å². The Morgan fingerprint density at radius 1 is 1.23 bits per heavy atom. The van der Waals surface area contributed by atoms with Crippen molar-refractivity contribution in [3.8, 4) is 5.75 Å². The van der Waals surface area contributed by atoms with Crippen LogP contribution in [0, 0.1) is 17.6 Å². The first-order valence-corrected chi connectivity index (χ1v) is 10.1. The van der Waals surface area contributed by atoms with E-state index in [2.05, 4.69) is 5.16 Å². The molecule has 1 aliphatic heterocycles. The van der Waals surface area contributed by atoms with E-state index in [0.29, 0.717) is 12.2 Å². The first-order valence-electron chi connectivity index (χ1n) is 10.1. The van der Waals surface area contributed by atoms with Crippen molar-refractivity contribution in [2.24, 2.45) is 11.1 Å². The third-order valence-electron chi connectivity index (χ3n) is 5.72. The average molecular weight is 414 g/mol. The molecule has 1 saturated carbocycles. The van der Waals surface area contributed by atoms with E-state index in [-0.39, 0.29) is 36.6 Å². The van der Waals surface area contributed by atoms with E-state index in [1.807, 2.05) is 24.3 Å². The Morgan fingerprint density at radius 3 is 2.73 bits per heavy atom. The van der Waals surface area contributed by atoms with Crippen LogP contribution < -0.4 is 4.74 Å². The van der Waals surface area contributed by atoms with E-state index in [1.165, 1.54) is 12.1 Å². The minimum absolute atomic E-state index is 0.0145. The van der Waals surface area contributed by atoms with E-state index in [4.69, 9.17) is 9.57 Å². The number of rotatable bonds is 7. The molecule has 0 N–H and O–H groups in total. The summed E-state index contributed by atoms with van der Waals surface area (Å²) < 4.78 is 32.9. The number of carbonyl (C=O) groups is 1. The number of ether oxygens (including phenoxy) is 1. The fraction of sp³-hybridized carbons (Fsp3) is 0.391. The molecule has 4 rings (SSSR count). The molecule has 7 heteroatoms. The van der Waals surface area contributed by atoms with Crippen molar-refractivity contribution >= 4 is 11.6 Å². The first kappa shape index (κ1) is 20.3. The van der Waals surface area contributed by atoms with Gasteiger partial charge in [-0.2, -0.15) is 0 Å². The number of amides is 1. The molecule has 2 aliphatic rings. The van der Waals surface area contributed by atoms with Gasteiger partial charge in [0.25, 0.3) is 0 Å². The third-order valence-corrected chi connectivity index (χ3v) is 5.72. The van der Waals surface area contributed by atoms with E-state index < -0.39 is 11.6 Å². The minimum Gasteiger partial charge on any atom is -0.496 e. The van der Waals surface area contributed by atoms with Gasteiger partial charge in [-0.25, -0.2) is 8.78 Å². The first-order chi connectivity index (χ1) is 14.5. The lowest BCUT2D eigenvalue weighted by atomic mass is 9.84. The largest absolute Gasteiger partial charge is 0.496 e. The molecule has 1 fully saturated rings. The highest BCUT2D eigenvalue weighted by molar-refractivity contribution is 6.03. The zero-order valence-electron chi connectivity index (χ0n) is 16.8. The van der Waals surface area contributed by atoms with Crippen molar-refractivity contribution in [1.82, 2.24) is 4.90 Å². The van der Waals surface area contributed by atoms with Gasteiger partial charge in [0.05, 0.1) is 19.4 Å². The number of halogens is 2. The Morgan fingerprint density at radius 2 is 2.03 bits per heavy atom. The molecule has 0 spiro atoms. The van der Waals surface area contributed by atoms with Crippen molar-refractivity contribution in [3.05, 3.63) is 65.2 Å². The number of hydrogen-bond acceptors (Lipinski definition) is 4. The number of hydrogen-bond donors (Lipinski definition) is 0. The van der Waals surface area contributed by atoms with Gasteiger partial charge in [-0.05, 0) is 31.0 Å². The SMILES string of the molecule is COc1ccccc1C1=NOC(CN(Cc2ccc(F)cc2F)C(=O)C2CCC2)C1. The van der Waals surface area contributed by atoms with Crippen LogP contribution >= 0.6 is 0 Å². The summed E-state index contributed by atoms with van der Waals surface area (Å²) in [5.74, 6) is -0.637. The second-order valence-corrected chi connectivity index (χ2v) is 7.75. The second kappa shape index (κ2) is 8.81. The fourth-order valence-electron chi connectivity index (χ4n) is 3.82. The third kappa shape index (κ3) is 4.30. The lowest BCUT2D eigenvalue weighted by molar-refractivity contribution is -0.140. The second-order valence-electron chi connectivity index (χ2n) is 7.75. The lowest BCUT2D eigenvalue weighted by Crippen LogP contribution is -2.42. The molecular weight excluding hydrogens is 390 g/mol. The molecule has 1 aliphatic carbocycles. The number of nitrogens with zero attached hydrogens (tertiary/aromatic N) is 2. The van der Waals surface area contributed by atoms with Gasteiger partial charge in [0, 0.05) is 36.1 Å². The van der Waals surface area contributed by atoms with Crippen LogP contribution in [0.4, 0.5) is 8.78 Å². The molecule has 0 radical (unpaired) electrons. The average Bonchev–Trinajstić information content (AvgIpc) is 3.16. The maximum absolute atomic E-state index is 14.2. The van der Waals surface area contributed by atoms with Gasteiger partial charge in [0.1, 0.15) is 17.4 Å². The molecule has 158 valence electrons. The molecule has 1 amide bonds. The Hall–Kier alpha value is -2.96. The summed E-state index contributed by atoms with van der Waals surface area (Å²) in [5.41, 5.74) is 1.89. The highest BCUT2D eigenvalue weighted by atomic mass is 19.1. The van der Waals surface area contributed by atoms with Crippen molar-refractivity contribution in [2.75, 3.05) is 13.7 Å². The number of oxime groups is 1. The van der Waals surface area contributed by atoms with E-state index >= 15 is 0 Å². The van der Waals surface area contributed by atoms with Crippen LogP contribution in [0.3, 0.4) is 0 Å². The van der Waals surface area contributed by atoms with Gasteiger partial charge >= 0.3 is 0 Å². The summed E-state index contributed by atoms with van der Waals surface area (Å²) in [7, 11) is 1.60. The van der Waals surface area contributed by atoms with Crippen LogP contribution in [0.2, 0.25) is 0 Å². The molecule has 1 atom stereocenters. The van der Waals surface area contributed by atoms with Gasteiger partial charge in [-0.3, -0.25) is 4.79 Å². The molecule has 0 aromatic heterocycles. The predicted octanol–water partition coefficient (Wildman–Crippen LogP) is 4.30. The summed E-state index contributed by atoms with van der Waals surface area (Å²) in [5, 5.41) is 4.20. The summed E-state index contributed by atoms with van der Waals surface area (Å²) >= 11 is 0. The van der Waals surface area contributed by atoms with Gasteiger partial charge in [-0.15, -0.1) is 0 Å². The van der Waals surface area contributed by atoms with Crippen LogP contribution in [0.1, 0.15) is 36.8 Å². The summed E-state index contributed by atoms with van der Waals surface area (Å²) in [4.78, 5) is 20.2. The monoisotopic (exact) mass is 414 g/mol. The molecule has 5 nitrogen and oxygen atoms in total. The highest BCUT2D eigenvalue weighted by Gasteiger charge is 2.33. The zero-order valence-corrected chi connectivity index (χ0v) is 16.8. The van der Waals surface area contributed by atoms with Crippen molar-refractivity contribution < 1.29 is 23.1 Å². The topological polar surface area (TPSA) is 51.1 Å². The number of carbonyl (C=O) groups excluding carboxylic acids is 1. The molecule has 0 bridgehead atoms. The number of para-hydroxylation sites is 1. The Balaban J connectivity index is 1.47. The molecule has 2 aromatic carbocycles. The zero-order chi connectivity index (χ0) is 21.1. The highest BCUT2D eigenvalue weighted by Crippen LogP contribution is 2.30. The standard InChI is InChI=1S/C23H24F2N2O3/c1-29-22-8-3-2-7-19(22)21-12-18(30-26-21)14-27(23(28)15-5-4-6-15)13-16-9-10-17(24)11-20(16)25/h2-3,7-11,15,18H,4-6,12-14H2,1H3. The summed E-state index contributed by atoms with van der Waals surface area (Å²) in [6.45, 7) is 0.361. The van der Waals surface area contributed by atoms with Crippen molar-refractivity contribution in [3.63, 3.8) is 0 Å². The molecule has 0 saturated heterocycles. The minimum atomic E-state index is -0.653. The van der Waals surface area contributed by atoms with Crippen LogP contribution in [0.25, 0.3) is 0 Å². The van der Waals surface area contributed by atoms with Crippen LogP contribution in [-0.4, -0.2) is 36.3 Å². The van der Waals surface area contributed by atoms with Gasteiger partial charge in [0.15, 0.2) is 6.10 Å². The Kier molecular flexibility index (Phi) is 5.97. The van der Waals surface area contributed by atoms with Crippen LogP contribution in [-0.2, 0) is 16.2 Å². The van der Waals surface area contributed by atoms with Gasteiger partial charge < -0.3 is 14.5 Å². The number of benzene rings is 2. The molecular formula is C23H24F2N2O3. The quantitative estimate of drug-likeness (QED) is 0.679. The number of methoxy groups -OCH3 is 1. The van der Waals surface area contributed by atoms with Crippen LogP contribution in [0.5, 0.6) is 5.75 Å².